The number of nitrogens with one attached hydrogen (secondary N) is 1. The smallest absolute Gasteiger partial charge is 0.189 e. The molecule has 0 fully saturated rings. The fourth-order valence-electron chi connectivity index (χ4n) is 2.40. The molecule has 3 rings (SSSR count). The van der Waals surface area contributed by atoms with Gasteiger partial charge in [0.25, 0.3) is 0 Å². The molecule has 5 nitrogen and oxygen atoms in total. The number of aliphatic imine (C=N–C) groups is 1. The van der Waals surface area contributed by atoms with Crippen LogP contribution in [-0.4, -0.2) is 22.1 Å². The number of nitrogens with two attached hydrogens (primary N) is 1. The average Bonchev–Trinajstić information content (AvgIpc) is 3.26. The Labute approximate surface area is 145 Å². The molecule has 0 amide bonds. The van der Waals surface area contributed by atoms with E-state index in [2.05, 4.69) is 49.5 Å². The minimum atomic E-state index is 0.459. The molecule has 2 aromatic heterocycles. The van der Waals surface area contributed by atoms with Gasteiger partial charge in [-0.3, -0.25) is 0 Å². The molecule has 6 heteroatoms. The molecule has 0 bridgehead atoms. The van der Waals surface area contributed by atoms with Crippen molar-refractivity contribution in [1.82, 2.24) is 14.9 Å². The molecule has 124 valence electrons. The summed E-state index contributed by atoms with van der Waals surface area (Å²) in [7, 11) is 0. The third kappa shape index (κ3) is 4.70. The topological polar surface area (TPSA) is 68.2 Å². The van der Waals surface area contributed by atoms with Crippen molar-refractivity contribution >= 4 is 17.3 Å². The van der Waals surface area contributed by atoms with E-state index in [1.165, 1.54) is 10.4 Å². The first-order valence-corrected chi connectivity index (χ1v) is 8.79. The molecule has 24 heavy (non-hydrogen) atoms. The average molecular weight is 339 g/mol. The number of aromatic nitrogens is 2. The van der Waals surface area contributed by atoms with Gasteiger partial charge >= 0.3 is 0 Å². The lowest BCUT2D eigenvalue weighted by atomic mass is 10.2. The normalized spacial score (nSPS) is 11.6. The summed E-state index contributed by atoms with van der Waals surface area (Å²) in [5.41, 5.74) is 7.18. The van der Waals surface area contributed by atoms with E-state index in [1.807, 2.05) is 24.4 Å². The van der Waals surface area contributed by atoms with Gasteiger partial charge in [-0.25, -0.2) is 9.98 Å². The van der Waals surface area contributed by atoms with Crippen molar-refractivity contribution in [1.29, 1.82) is 0 Å². The van der Waals surface area contributed by atoms with E-state index in [9.17, 15) is 0 Å². The molecule has 0 unspecified atom stereocenters. The second-order valence-corrected chi connectivity index (χ2v) is 6.45. The standard InChI is InChI=1S/C18H21N5S/c19-18(21-9-8-16-7-4-12-24-16)22-13-17-20-10-11-23(17)14-15-5-2-1-3-6-15/h1-7,10-12H,8-9,13-14H2,(H3,19,21,22). The van der Waals surface area contributed by atoms with Crippen molar-refractivity contribution in [3.8, 4) is 0 Å². The van der Waals surface area contributed by atoms with Gasteiger partial charge in [0.1, 0.15) is 12.4 Å². The lowest BCUT2D eigenvalue weighted by Crippen LogP contribution is -2.33. The molecule has 0 spiro atoms. The highest BCUT2D eigenvalue weighted by Crippen LogP contribution is 2.08. The van der Waals surface area contributed by atoms with E-state index in [4.69, 9.17) is 5.73 Å². The fourth-order valence-corrected chi connectivity index (χ4v) is 3.11. The molecule has 3 N–H and O–H groups in total. The largest absolute Gasteiger partial charge is 0.370 e. The van der Waals surface area contributed by atoms with Crippen molar-refractivity contribution in [3.05, 3.63) is 76.5 Å². The summed E-state index contributed by atoms with van der Waals surface area (Å²) < 4.78 is 2.10. The number of thiophene rings is 1. The Morgan fingerprint density at radius 1 is 1.21 bits per heavy atom. The third-order valence-electron chi connectivity index (χ3n) is 3.65. The highest BCUT2D eigenvalue weighted by Gasteiger charge is 2.03. The molecule has 1 aromatic carbocycles. The zero-order valence-electron chi connectivity index (χ0n) is 13.4. The van der Waals surface area contributed by atoms with Gasteiger partial charge in [0, 0.05) is 30.4 Å². The maximum Gasteiger partial charge on any atom is 0.189 e. The number of guanidine groups is 1. The zero-order chi connectivity index (χ0) is 16.6. The molecular formula is C18H21N5S. The Hall–Kier alpha value is -2.60. The number of rotatable bonds is 7. The van der Waals surface area contributed by atoms with E-state index in [1.54, 1.807) is 17.5 Å². The third-order valence-corrected chi connectivity index (χ3v) is 4.58. The van der Waals surface area contributed by atoms with Crippen LogP contribution in [0.5, 0.6) is 0 Å². The Balaban J connectivity index is 1.51. The predicted octanol–water partition coefficient (Wildman–Crippen LogP) is 2.64. The number of hydrogen-bond acceptors (Lipinski definition) is 3. The number of hydrogen-bond donors (Lipinski definition) is 2. The minimum absolute atomic E-state index is 0.459. The highest BCUT2D eigenvalue weighted by atomic mass is 32.1. The maximum absolute atomic E-state index is 5.94. The lowest BCUT2D eigenvalue weighted by Gasteiger charge is -2.08. The fraction of sp³-hybridized carbons (Fsp3) is 0.222. The van der Waals surface area contributed by atoms with Gasteiger partial charge in [0.05, 0.1) is 0 Å². The van der Waals surface area contributed by atoms with Gasteiger partial charge in [-0.2, -0.15) is 0 Å². The van der Waals surface area contributed by atoms with Crippen molar-refractivity contribution in [3.63, 3.8) is 0 Å². The molecular weight excluding hydrogens is 318 g/mol. The summed E-state index contributed by atoms with van der Waals surface area (Å²) in [5.74, 6) is 1.36. The molecule has 2 heterocycles. The molecule has 0 atom stereocenters. The second kappa shape index (κ2) is 8.31. The number of benzene rings is 1. The first kappa shape index (κ1) is 16.3. The van der Waals surface area contributed by atoms with Crippen molar-refractivity contribution in [2.75, 3.05) is 6.54 Å². The van der Waals surface area contributed by atoms with Crippen LogP contribution in [0, 0.1) is 0 Å². The van der Waals surface area contributed by atoms with E-state index >= 15 is 0 Å². The number of imidazole rings is 1. The Bertz CT molecular complexity index is 762. The summed E-state index contributed by atoms with van der Waals surface area (Å²) in [5, 5.41) is 5.23. The van der Waals surface area contributed by atoms with Crippen molar-refractivity contribution in [2.45, 2.75) is 19.5 Å². The first-order valence-electron chi connectivity index (χ1n) is 7.91. The van der Waals surface area contributed by atoms with Gasteiger partial charge in [0.15, 0.2) is 5.96 Å². The summed E-state index contributed by atoms with van der Waals surface area (Å²) >= 11 is 1.75. The molecule has 0 saturated carbocycles. The predicted molar refractivity (Wildman–Crippen MR) is 99.1 cm³/mol. The van der Waals surface area contributed by atoms with Gasteiger partial charge in [0.2, 0.25) is 0 Å². The first-order chi connectivity index (χ1) is 11.8. The van der Waals surface area contributed by atoms with Gasteiger partial charge < -0.3 is 15.6 Å². The van der Waals surface area contributed by atoms with Crippen LogP contribution in [0.1, 0.15) is 16.3 Å². The summed E-state index contributed by atoms with van der Waals surface area (Å²) in [6.45, 7) is 2.05. The lowest BCUT2D eigenvalue weighted by molar-refractivity contribution is 0.721. The van der Waals surface area contributed by atoms with Crippen LogP contribution in [-0.2, 0) is 19.5 Å². The summed E-state index contributed by atoms with van der Waals surface area (Å²) in [4.78, 5) is 10.1. The summed E-state index contributed by atoms with van der Waals surface area (Å²) in [6, 6.07) is 14.5. The summed E-state index contributed by atoms with van der Waals surface area (Å²) in [6.07, 6.45) is 4.73. The molecule has 0 aliphatic rings. The van der Waals surface area contributed by atoms with E-state index in [0.29, 0.717) is 12.5 Å². The number of nitrogens with zero attached hydrogens (tertiary/aromatic N) is 3. The SMILES string of the molecule is NC(=NCc1nccn1Cc1ccccc1)NCCc1cccs1. The van der Waals surface area contributed by atoms with Crippen molar-refractivity contribution < 1.29 is 0 Å². The Kier molecular flexibility index (Phi) is 5.63. The van der Waals surface area contributed by atoms with Gasteiger partial charge in [-0.05, 0) is 23.4 Å². The Morgan fingerprint density at radius 3 is 2.88 bits per heavy atom. The van der Waals surface area contributed by atoms with Crippen LogP contribution in [0.2, 0.25) is 0 Å². The van der Waals surface area contributed by atoms with Crippen LogP contribution < -0.4 is 11.1 Å². The van der Waals surface area contributed by atoms with Crippen LogP contribution in [0.15, 0.2) is 65.2 Å². The van der Waals surface area contributed by atoms with E-state index < -0.39 is 0 Å². The van der Waals surface area contributed by atoms with Crippen LogP contribution >= 0.6 is 11.3 Å². The van der Waals surface area contributed by atoms with E-state index in [0.717, 1.165) is 25.3 Å². The molecule has 0 saturated heterocycles. The van der Waals surface area contributed by atoms with Crippen molar-refractivity contribution in [2.24, 2.45) is 10.7 Å². The monoisotopic (exact) mass is 339 g/mol. The van der Waals surface area contributed by atoms with Crippen LogP contribution in [0.3, 0.4) is 0 Å². The van der Waals surface area contributed by atoms with Crippen LogP contribution in [0.25, 0.3) is 0 Å². The maximum atomic E-state index is 5.94. The Morgan fingerprint density at radius 2 is 2.08 bits per heavy atom. The zero-order valence-corrected chi connectivity index (χ0v) is 14.2. The molecule has 0 aliphatic heterocycles. The minimum Gasteiger partial charge on any atom is -0.370 e. The van der Waals surface area contributed by atoms with Gasteiger partial charge in [-0.15, -0.1) is 11.3 Å². The molecule has 3 aromatic rings. The van der Waals surface area contributed by atoms with Crippen LogP contribution in [0.4, 0.5) is 0 Å². The quantitative estimate of drug-likeness (QED) is 0.514. The molecule has 0 aliphatic carbocycles. The van der Waals surface area contributed by atoms with E-state index in [-0.39, 0.29) is 0 Å². The second-order valence-electron chi connectivity index (χ2n) is 5.41. The highest BCUT2D eigenvalue weighted by molar-refractivity contribution is 7.09. The van der Waals surface area contributed by atoms with Gasteiger partial charge in [-0.1, -0.05) is 36.4 Å². The molecule has 0 radical (unpaired) electrons.